The van der Waals surface area contributed by atoms with E-state index in [9.17, 15) is 14.7 Å². The molecular weight excluding hydrogens is 260 g/mol. The number of ether oxygens (including phenoxy) is 1. The SMILES string of the molecule is CN(CC(=O)NC1CCC(O)CC1)C(=O)OC(C)(C)C. The average molecular weight is 286 g/mol. The predicted molar refractivity (Wildman–Crippen MR) is 75.3 cm³/mol. The molecule has 0 radical (unpaired) electrons. The van der Waals surface area contributed by atoms with Crippen molar-refractivity contribution in [2.45, 2.75) is 64.2 Å². The fourth-order valence-electron chi connectivity index (χ4n) is 2.11. The highest BCUT2D eigenvalue weighted by atomic mass is 16.6. The Balaban J connectivity index is 2.32. The van der Waals surface area contributed by atoms with Crippen molar-refractivity contribution in [2.75, 3.05) is 13.6 Å². The maximum Gasteiger partial charge on any atom is 0.410 e. The minimum atomic E-state index is -0.568. The zero-order valence-electron chi connectivity index (χ0n) is 12.8. The first-order valence-electron chi connectivity index (χ1n) is 7.09. The van der Waals surface area contributed by atoms with E-state index in [0.29, 0.717) is 12.8 Å². The summed E-state index contributed by atoms with van der Waals surface area (Å²) < 4.78 is 5.18. The van der Waals surface area contributed by atoms with Crippen LogP contribution in [0.4, 0.5) is 4.79 Å². The second kappa shape index (κ2) is 6.92. The molecule has 2 amide bonds. The Labute approximate surface area is 120 Å². The minimum Gasteiger partial charge on any atom is -0.444 e. The summed E-state index contributed by atoms with van der Waals surface area (Å²) in [6.07, 6.45) is 2.24. The van der Waals surface area contributed by atoms with Gasteiger partial charge < -0.3 is 20.1 Å². The zero-order chi connectivity index (χ0) is 15.3. The standard InChI is InChI=1S/C14H26N2O4/c1-14(2,3)20-13(19)16(4)9-12(18)15-10-5-7-11(17)8-6-10/h10-11,17H,5-9H2,1-4H3,(H,15,18). The minimum absolute atomic E-state index is 0.0199. The van der Waals surface area contributed by atoms with Crippen molar-refractivity contribution >= 4 is 12.0 Å². The number of nitrogens with zero attached hydrogens (tertiary/aromatic N) is 1. The van der Waals surface area contributed by atoms with Crippen molar-refractivity contribution in [3.63, 3.8) is 0 Å². The molecule has 0 unspecified atom stereocenters. The number of likely N-dealkylation sites (N-methyl/N-ethyl adjacent to an activating group) is 1. The number of amides is 2. The highest BCUT2D eigenvalue weighted by molar-refractivity contribution is 5.82. The van der Waals surface area contributed by atoms with E-state index in [4.69, 9.17) is 4.74 Å². The Morgan fingerprint density at radius 3 is 2.30 bits per heavy atom. The predicted octanol–water partition coefficient (Wildman–Crippen LogP) is 1.27. The van der Waals surface area contributed by atoms with E-state index < -0.39 is 11.7 Å². The van der Waals surface area contributed by atoms with Gasteiger partial charge in [0.1, 0.15) is 12.1 Å². The van der Waals surface area contributed by atoms with E-state index in [2.05, 4.69) is 5.32 Å². The van der Waals surface area contributed by atoms with Crippen LogP contribution in [0.1, 0.15) is 46.5 Å². The molecule has 2 N–H and O–H groups in total. The molecule has 6 nitrogen and oxygen atoms in total. The first-order valence-corrected chi connectivity index (χ1v) is 7.09. The van der Waals surface area contributed by atoms with Gasteiger partial charge in [0, 0.05) is 13.1 Å². The molecule has 0 bridgehead atoms. The van der Waals surface area contributed by atoms with Gasteiger partial charge in [-0.2, -0.15) is 0 Å². The van der Waals surface area contributed by atoms with Crippen LogP contribution in [-0.2, 0) is 9.53 Å². The summed E-state index contributed by atoms with van der Waals surface area (Å²) in [6, 6.07) is 0.0953. The maximum absolute atomic E-state index is 11.9. The lowest BCUT2D eigenvalue weighted by molar-refractivity contribution is -0.123. The van der Waals surface area contributed by atoms with E-state index in [1.165, 1.54) is 11.9 Å². The Bertz CT molecular complexity index is 344. The van der Waals surface area contributed by atoms with Crippen molar-refractivity contribution in [1.82, 2.24) is 10.2 Å². The lowest BCUT2D eigenvalue weighted by Crippen LogP contribution is -2.45. The number of carbonyl (C=O) groups excluding carboxylic acids is 2. The average Bonchev–Trinajstić information content (AvgIpc) is 2.29. The number of aliphatic hydroxyl groups is 1. The van der Waals surface area contributed by atoms with Crippen LogP contribution in [0.15, 0.2) is 0 Å². The van der Waals surface area contributed by atoms with Gasteiger partial charge in [-0.15, -0.1) is 0 Å². The second-order valence-corrected chi connectivity index (χ2v) is 6.41. The highest BCUT2D eigenvalue weighted by Gasteiger charge is 2.24. The molecule has 0 saturated heterocycles. The molecule has 20 heavy (non-hydrogen) atoms. The lowest BCUT2D eigenvalue weighted by Gasteiger charge is -2.28. The molecule has 0 aliphatic heterocycles. The fourth-order valence-corrected chi connectivity index (χ4v) is 2.11. The molecule has 0 atom stereocenters. The second-order valence-electron chi connectivity index (χ2n) is 6.41. The molecule has 1 rings (SSSR count). The molecule has 0 aromatic carbocycles. The zero-order valence-corrected chi connectivity index (χ0v) is 12.8. The van der Waals surface area contributed by atoms with Crippen LogP contribution < -0.4 is 5.32 Å². The molecule has 116 valence electrons. The largest absolute Gasteiger partial charge is 0.444 e. The van der Waals surface area contributed by atoms with Crippen molar-refractivity contribution in [1.29, 1.82) is 0 Å². The van der Waals surface area contributed by atoms with E-state index in [-0.39, 0.29) is 24.6 Å². The molecule has 1 fully saturated rings. The summed E-state index contributed by atoms with van der Waals surface area (Å²) in [5.41, 5.74) is -0.568. The van der Waals surface area contributed by atoms with E-state index in [0.717, 1.165) is 12.8 Å². The van der Waals surface area contributed by atoms with Crippen molar-refractivity contribution < 1.29 is 19.4 Å². The summed E-state index contributed by atoms with van der Waals surface area (Å²) in [5.74, 6) is -0.195. The van der Waals surface area contributed by atoms with Gasteiger partial charge in [0.15, 0.2) is 0 Å². The van der Waals surface area contributed by atoms with Gasteiger partial charge in [0.25, 0.3) is 0 Å². The maximum atomic E-state index is 11.9. The summed E-state index contributed by atoms with van der Waals surface area (Å²) in [7, 11) is 1.54. The highest BCUT2D eigenvalue weighted by Crippen LogP contribution is 2.18. The van der Waals surface area contributed by atoms with Crippen molar-refractivity contribution in [2.24, 2.45) is 0 Å². The Morgan fingerprint density at radius 2 is 1.80 bits per heavy atom. The molecule has 1 aliphatic carbocycles. The fraction of sp³-hybridized carbons (Fsp3) is 0.857. The molecule has 0 aromatic rings. The first kappa shape index (κ1) is 16.8. The third-order valence-electron chi connectivity index (χ3n) is 3.15. The van der Waals surface area contributed by atoms with Crippen LogP contribution in [0.2, 0.25) is 0 Å². The lowest BCUT2D eigenvalue weighted by atomic mass is 9.93. The summed E-state index contributed by atoms with van der Waals surface area (Å²) in [6.45, 7) is 5.33. The van der Waals surface area contributed by atoms with Crippen molar-refractivity contribution in [3.05, 3.63) is 0 Å². The molecule has 0 spiro atoms. The molecule has 1 aliphatic rings. The van der Waals surface area contributed by atoms with E-state index in [1.54, 1.807) is 20.8 Å². The Hall–Kier alpha value is -1.30. The number of carbonyl (C=O) groups is 2. The number of nitrogens with one attached hydrogen (secondary N) is 1. The van der Waals surface area contributed by atoms with Gasteiger partial charge in [-0.25, -0.2) is 4.79 Å². The van der Waals surface area contributed by atoms with Crippen LogP contribution in [0.5, 0.6) is 0 Å². The Kier molecular flexibility index (Phi) is 5.80. The van der Waals surface area contributed by atoms with Crippen LogP contribution in [-0.4, -0.2) is 53.3 Å². The number of hydrogen-bond acceptors (Lipinski definition) is 4. The van der Waals surface area contributed by atoms with E-state index >= 15 is 0 Å². The van der Waals surface area contributed by atoms with Gasteiger partial charge in [-0.1, -0.05) is 0 Å². The molecule has 1 saturated carbocycles. The summed E-state index contributed by atoms with van der Waals surface area (Å²) >= 11 is 0. The monoisotopic (exact) mass is 286 g/mol. The van der Waals surface area contributed by atoms with E-state index in [1.807, 2.05) is 0 Å². The van der Waals surface area contributed by atoms with Crippen molar-refractivity contribution in [3.8, 4) is 0 Å². The third kappa shape index (κ3) is 6.23. The Morgan fingerprint density at radius 1 is 1.25 bits per heavy atom. The van der Waals surface area contributed by atoms with Gasteiger partial charge in [0.2, 0.25) is 5.91 Å². The van der Waals surface area contributed by atoms with Crippen LogP contribution in [0, 0.1) is 0 Å². The summed E-state index contributed by atoms with van der Waals surface area (Å²) in [5, 5.41) is 12.3. The molecule has 0 aromatic heterocycles. The van der Waals surface area contributed by atoms with Crippen LogP contribution in [0.3, 0.4) is 0 Å². The smallest absolute Gasteiger partial charge is 0.410 e. The molecule has 0 heterocycles. The number of aliphatic hydroxyl groups excluding tert-OH is 1. The number of hydrogen-bond donors (Lipinski definition) is 2. The summed E-state index contributed by atoms with van der Waals surface area (Å²) in [4.78, 5) is 24.8. The van der Waals surface area contributed by atoms with Gasteiger partial charge >= 0.3 is 6.09 Å². The van der Waals surface area contributed by atoms with Crippen LogP contribution in [0.25, 0.3) is 0 Å². The topological polar surface area (TPSA) is 78.9 Å². The normalized spacial score (nSPS) is 23.1. The third-order valence-corrected chi connectivity index (χ3v) is 3.15. The number of rotatable bonds is 3. The first-order chi connectivity index (χ1) is 9.17. The molecular formula is C14H26N2O4. The molecule has 6 heteroatoms. The van der Waals surface area contributed by atoms with Gasteiger partial charge in [-0.05, 0) is 46.5 Å². The quantitative estimate of drug-likeness (QED) is 0.819. The van der Waals surface area contributed by atoms with Gasteiger partial charge in [0.05, 0.1) is 6.10 Å². The van der Waals surface area contributed by atoms with Gasteiger partial charge in [-0.3, -0.25) is 4.79 Å². The van der Waals surface area contributed by atoms with Crippen LogP contribution >= 0.6 is 0 Å².